The molecule has 1 N–H and O–H groups in total. The van der Waals surface area contributed by atoms with Crippen LogP contribution in [0.15, 0.2) is 6.20 Å². The van der Waals surface area contributed by atoms with Crippen LogP contribution in [-0.4, -0.2) is 16.3 Å². The van der Waals surface area contributed by atoms with Crippen LogP contribution in [0.1, 0.15) is 25.1 Å². The highest BCUT2D eigenvalue weighted by Gasteiger charge is 2.04. The van der Waals surface area contributed by atoms with Gasteiger partial charge in [0.2, 0.25) is 0 Å². The molecule has 82 valence electrons. The van der Waals surface area contributed by atoms with E-state index < -0.39 is 0 Å². The van der Waals surface area contributed by atoms with Crippen molar-refractivity contribution in [2.75, 3.05) is 6.54 Å². The molecule has 0 saturated heterocycles. The predicted molar refractivity (Wildman–Crippen MR) is 62.3 cm³/mol. The molecule has 0 aliphatic carbocycles. The minimum Gasteiger partial charge on any atom is -0.312 e. The van der Waals surface area contributed by atoms with Crippen molar-refractivity contribution in [1.29, 1.82) is 0 Å². The molecule has 0 amide bonds. The summed E-state index contributed by atoms with van der Waals surface area (Å²) in [5.41, 5.74) is 2.38. The predicted octanol–water partition coefficient (Wildman–Crippen LogP) is 1.57. The number of nitrogens with zero attached hydrogens (tertiary/aromatic N) is 2. The van der Waals surface area contributed by atoms with Gasteiger partial charge in [-0.1, -0.05) is 19.8 Å². The molecular weight excluding hydrogens is 186 g/mol. The van der Waals surface area contributed by atoms with Gasteiger partial charge in [-0.2, -0.15) is 5.10 Å². The van der Waals surface area contributed by atoms with Crippen LogP contribution in [0.5, 0.6) is 0 Å². The second kappa shape index (κ2) is 5.57. The minimum absolute atomic E-state index is 0.552. The molecule has 0 radical (unpaired) electrons. The lowest BCUT2D eigenvalue weighted by Gasteiger charge is -2.07. The quantitative estimate of drug-likeness (QED) is 0.739. The van der Waals surface area contributed by atoms with Crippen molar-refractivity contribution in [3.8, 4) is 12.3 Å². The summed E-state index contributed by atoms with van der Waals surface area (Å²) in [4.78, 5) is 0. The summed E-state index contributed by atoms with van der Waals surface area (Å²) in [6.45, 7) is 8.89. The van der Waals surface area contributed by atoms with E-state index in [0.29, 0.717) is 12.5 Å². The van der Waals surface area contributed by atoms with Gasteiger partial charge in [-0.15, -0.1) is 6.42 Å². The molecule has 0 aliphatic rings. The Balaban J connectivity index is 2.52. The van der Waals surface area contributed by atoms with Crippen LogP contribution in [0.4, 0.5) is 0 Å². The van der Waals surface area contributed by atoms with Gasteiger partial charge in [0.15, 0.2) is 0 Å². The average molecular weight is 205 g/mol. The summed E-state index contributed by atoms with van der Waals surface area (Å²) < 4.78 is 1.85. The van der Waals surface area contributed by atoms with Gasteiger partial charge in [-0.05, 0) is 19.4 Å². The van der Waals surface area contributed by atoms with Crippen molar-refractivity contribution >= 4 is 0 Å². The van der Waals surface area contributed by atoms with Crippen LogP contribution in [0, 0.1) is 25.2 Å². The summed E-state index contributed by atoms with van der Waals surface area (Å²) in [5.74, 6) is 3.26. The van der Waals surface area contributed by atoms with Crippen molar-refractivity contribution < 1.29 is 0 Å². The Morgan fingerprint density at radius 3 is 2.93 bits per heavy atom. The van der Waals surface area contributed by atoms with Crippen LogP contribution in [0.25, 0.3) is 0 Å². The van der Waals surface area contributed by atoms with Crippen LogP contribution >= 0.6 is 0 Å². The monoisotopic (exact) mass is 205 g/mol. The van der Waals surface area contributed by atoms with Gasteiger partial charge in [0.05, 0.1) is 6.20 Å². The van der Waals surface area contributed by atoms with Crippen LogP contribution < -0.4 is 5.32 Å². The first-order valence-electron chi connectivity index (χ1n) is 5.30. The fraction of sp³-hybridized carbons (Fsp3) is 0.583. The lowest BCUT2D eigenvalue weighted by Crippen LogP contribution is -2.19. The molecule has 1 heterocycles. The van der Waals surface area contributed by atoms with E-state index in [-0.39, 0.29) is 0 Å². The molecule has 0 atom stereocenters. The number of hydrogen-bond donors (Lipinski definition) is 1. The Kier molecular flexibility index (Phi) is 4.38. The van der Waals surface area contributed by atoms with E-state index in [1.165, 1.54) is 5.56 Å². The van der Waals surface area contributed by atoms with Gasteiger partial charge in [0.25, 0.3) is 0 Å². The molecule has 1 aromatic heterocycles. The number of nitrogens with one attached hydrogen (secondary N) is 1. The van der Waals surface area contributed by atoms with Crippen molar-refractivity contribution in [1.82, 2.24) is 15.1 Å². The SMILES string of the molecule is C#CCn1ncc(CNCC(C)C)c1C. The van der Waals surface area contributed by atoms with Crippen LogP contribution in [-0.2, 0) is 13.1 Å². The molecule has 1 rings (SSSR count). The van der Waals surface area contributed by atoms with E-state index >= 15 is 0 Å². The lowest BCUT2D eigenvalue weighted by atomic mass is 10.2. The fourth-order valence-corrected chi connectivity index (χ4v) is 1.40. The van der Waals surface area contributed by atoms with Gasteiger partial charge in [-0.25, -0.2) is 0 Å². The zero-order valence-electron chi connectivity index (χ0n) is 9.75. The normalized spacial score (nSPS) is 10.6. The Bertz CT molecular complexity index is 344. The Labute approximate surface area is 91.9 Å². The Morgan fingerprint density at radius 1 is 1.60 bits per heavy atom. The standard InChI is InChI=1S/C12H19N3/c1-5-6-15-11(4)12(9-14-15)8-13-7-10(2)3/h1,9-10,13H,6-8H2,2-4H3. The first-order chi connectivity index (χ1) is 7.15. The van der Waals surface area contributed by atoms with Gasteiger partial charge in [0.1, 0.15) is 6.54 Å². The van der Waals surface area contributed by atoms with Crippen molar-refractivity contribution in [3.05, 3.63) is 17.5 Å². The first-order valence-corrected chi connectivity index (χ1v) is 5.30. The molecule has 0 aromatic carbocycles. The Morgan fingerprint density at radius 2 is 2.33 bits per heavy atom. The van der Waals surface area contributed by atoms with E-state index in [9.17, 15) is 0 Å². The third-order valence-electron chi connectivity index (χ3n) is 2.31. The van der Waals surface area contributed by atoms with Crippen molar-refractivity contribution in [2.24, 2.45) is 5.92 Å². The number of aromatic nitrogens is 2. The summed E-state index contributed by atoms with van der Waals surface area (Å²) >= 11 is 0. The fourth-order valence-electron chi connectivity index (χ4n) is 1.40. The molecular formula is C12H19N3. The van der Waals surface area contributed by atoms with Crippen LogP contribution in [0.2, 0.25) is 0 Å². The molecule has 0 spiro atoms. The second-order valence-corrected chi connectivity index (χ2v) is 4.14. The van der Waals surface area contributed by atoms with E-state index in [4.69, 9.17) is 6.42 Å². The maximum absolute atomic E-state index is 5.25. The summed E-state index contributed by atoms with van der Waals surface area (Å²) in [5, 5.41) is 7.63. The molecule has 0 aliphatic heterocycles. The van der Waals surface area contributed by atoms with Crippen molar-refractivity contribution in [2.45, 2.75) is 33.9 Å². The maximum Gasteiger partial charge on any atom is 0.102 e. The van der Waals surface area contributed by atoms with Gasteiger partial charge in [-0.3, -0.25) is 4.68 Å². The summed E-state index contributed by atoms with van der Waals surface area (Å²) in [7, 11) is 0. The molecule has 1 aromatic rings. The lowest BCUT2D eigenvalue weighted by molar-refractivity contribution is 0.551. The van der Waals surface area contributed by atoms with Crippen molar-refractivity contribution in [3.63, 3.8) is 0 Å². The third kappa shape index (κ3) is 3.41. The highest BCUT2D eigenvalue weighted by molar-refractivity contribution is 5.16. The molecule has 3 heteroatoms. The zero-order chi connectivity index (χ0) is 11.3. The van der Waals surface area contributed by atoms with E-state index in [1.54, 1.807) is 0 Å². The Hall–Kier alpha value is -1.27. The molecule has 0 unspecified atom stereocenters. The highest BCUT2D eigenvalue weighted by atomic mass is 15.3. The third-order valence-corrected chi connectivity index (χ3v) is 2.31. The average Bonchev–Trinajstić information content (AvgIpc) is 2.50. The highest BCUT2D eigenvalue weighted by Crippen LogP contribution is 2.06. The summed E-state index contributed by atoms with van der Waals surface area (Å²) in [6, 6.07) is 0. The number of terminal acetylenes is 1. The largest absolute Gasteiger partial charge is 0.312 e. The van der Waals surface area contributed by atoms with Gasteiger partial charge in [0, 0.05) is 17.8 Å². The van der Waals surface area contributed by atoms with E-state index in [0.717, 1.165) is 18.8 Å². The van der Waals surface area contributed by atoms with E-state index in [1.807, 2.05) is 10.9 Å². The minimum atomic E-state index is 0.552. The number of hydrogen-bond acceptors (Lipinski definition) is 2. The molecule has 0 fully saturated rings. The molecule has 0 saturated carbocycles. The van der Waals surface area contributed by atoms with Gasteiger partial charge < -0.3 is 5.32 Å². The molecule has 0 bridgehead atoms. The zero-order valence-corrected chi connectivity index (χ0v) is 9.75. The van der Waals surface area contributed by atoms with Gasteiger partial charge >= 0.3 is 0 Å². The molecule has 3 nitrogen and oxygen atoms in total. The second-order valence-electron chi connectivity index (χ2n) is 4.14. The number of rotatable bonds is 5. The molecule has 15 heavy (non-hydrogen) atoms. The van der Waals surface area contributed by atoms with E-state index in [2.05, 4.69) is 37.1 Å². The summed E-state index contributed by atoms with van der Waals surface area (Å²) in [6.07, 6.45) is 7.14. The smallest absolute Gasteiger partial charge is 0.102 e. The first kappa shape index (κ1) is 11.8. The topological polar surface area (TPSA) is 29.9 Å². The maximum atomic E-state index is 5.25. The van der Waals surface area contributed by atoms with Crippen LogP contribution in [0.3, 0.4) is 0 Å².